The molecule has 0 fully saturated rings. The molecule has 1 unspecified atom stereocenters. The second kappa shape index (κ2) is 32.5. The number of hydrogen-bond acceptors (Lipinski definition) is 7. The topological polar surface area (TPSA) is 117 Å². The van der Waals surface area contributed by atoms with Gasteiger partial charge in [0.25, 0.3) is 0 Å². The van der Waals surface area contributed by atoms with Gasteiger partial charge >= 0.3 is 13.8 Å². The van der Waals surface area contributed by atoms with Crippen molar-refractivity contribution < 1.29 is 32.8 Å². The number of ether oxygens (including phenoxy) is 2. The number of rotatable bonds is 34. The van der Waals surface area contributed by atoms with Gasteiger partial charge in [0, 0.05) is 13.0 Å². The van der Waals surface area contributed by atoms with Crippen LogP contribution in [0.2, 0.25) is 0 Å². The quantitative estimate of drug-likeness (QED) is 0.0311. The molecule has 2 atom stereocenters. The molecule has 256 valence electrons. The molecule has 0 aromatic heterocycles. The lowest BCUT2D eigenvalue weighted by molar-refractivity contribution is -0.153. The molecule has 0 radical (unpaired) electrons. The summed E-state index contributed by atoms with van der Waals surface area (Å²) in [6.45, 7) is 4.21. The van der Waals surface area contributed by atoms with E-state index < -0.39 is 13.9 Å². The van der Waals surface area contributed by atoms with E-state index in [1.165, 1.54) is 116 Å². The monoisotopic (exact) mass is 633 g/mol. The Morgan fingerprint density at radius 3 is 1.65 bits per heavy atom. The van der Waals surface area contributed by atoms with Crippen LogP contribution >= 0.6 is 7.82 Å². The second-order valence-corrected chi connectivity index (χ2v) is 13.3. The van der Waals surface area contributed by atoms with E-state index in [0.717, 1.165) is 32.1 Å². The molecule has 0 aliphatic heterocycles. The largest absolute Gasteiger partial charge is 0.498 e. The first-order valence-corrected chi connectivity index (χ1v) is 19.2. The Bertz CT molecular complexity index is 677. The van der Waals surface area contributed by atoms with Gasteiger partial charge in [-0.05, 0) is 25.3 Å². The van der Waals surface area contributed by atoms with Crippen molar-refractivity contribution in [3.8, 4) is 0 Å². The summed E-state index contributed by atoms with van der Waals surface area (Å²) in [6.07, 6.45) is 31.8. The van der Waals surface area contributed by atoms with Gasteiger partial charge in [-0.3, -0.25) is 13.8 Å². The molecule has 0 aromatic carbocycles. The van der Waals surface area contributed by atoms with Crippen molar-refractivity contribution in [1.82, 2.24) is 0 Å². The molecule has 0 saturated carbocycles. The number of phosphoric ester groups is 1. The molecule has 0 amide bonds. The summed E-state index contributed by atoms with van der Waals surface area (Å²) in [5.74, 6) is -0.356. The van der Waals surface area contributed by atoms with Gasteiger partial charge in [-0.25, -0.2) is 4.57 Å². The first-order chi connectivity index (χ1) is 20.9. The maximum atomic E-state index is 12.4. The number of allylic oxidation sites excluding steroid dienone is 1. The van der Waals surface area contributed by atoms with E-state index >= 15 is 0 Å². The minimum absolute atomic E-state index is 0.0370. The summed E-state index contributed by atoms with van der Waals surface area (Å²) in [4.78, 5) is 22.2. The summed E-state index contributed by atoms with van der Waals surface area (Å²) in [6, 6.07) is 0. The standard InChI is InChI=1S/C34H68NO7P/c1-3-5-7-9-11-13-14-15-16-17-18-19-20-22-24-26-29-39-31-33(32-41-43(37,38)40-30-28-35)42-34(36)27-25-23-21-12-10-8-6-4-2/h26,29,33H,3-25,27-28,30-32,35H2,1-2H3,(H,37,38)/b29-26+/t33-/m0/s1. The van der Waals surface area contributed by atoms with Gasteiger partial charge in [-0.1, -0.05) is 142 Å². The average Bonchev–Trinajstić information content (AvgIpc) is 2.99. The molecule has 0 aliphatic carbocycles. The molecule has 0 bridgehead atoms. The molecule has 0 aromatic rings. The van der Waals surface area contributed by atoms with Crippen molar-refractivity contribution in [3.05, 3.63) is 12.3 Å². The molecule has 43 heavy (non-hydrogen) atoms. The number of unbranched alkanes of at least 4 members (excludes halogenated alkanes) is 21. The summed E-state index contributed by atoms with van der Waals surface area (Å²) in [5, 5.41) is 0. The third kappa shape index (κ3) is 32.3. The minimum atomic E-state index is -4.27. The number of nitrogens with two attached hydrogens (primary N) is 1. The van der Waals surface area contributed by atoms with Crippen molar-refractivity contribution >= 4 is 13.8 Å². The van der Waals surface area contributed by atoms with E-state index in [-0.39, 0.29) is 32.3 Å². The van der Waals surface area contributed by atoms with E-state index in [2.05, 4.69) is 13.8 Å². The van der Waals surface area contributed by atoms with Gasteiger partial charge in [0.15, 0.2) is 6.10 Å². The fourth-order valence-electron chi connectivity index (χ4n) is 4.90. The first-order valence-electron chi connectivity index (χ1n) is 17.7. The van der Waals surface area contributed by atoms with Gasteiger partial charge in [0.1, 0.15) is 6.61 Å². The summed E-state index contributed by atoms with van der Waals surface area (Å²) < 4.78 is 32.9. The van der Waals surface area contributed by atoms with Crippen molar-refractivity contribution in [2.24, 2.45) is 5.73 Å². The van der Waals surface area contributed by atoms with Gasteiger partial charge in [0.2, 0.25) is 0 Å². The highest BCUT2D eigenvalue weighted by atomic mass is 31.2. The Kier molecular flexibility index (Phi) is 31.8. The predicted octanol–water partition coefficient (Wildman–Crippen LogP) is 9.92. The zero-order valence-corrected chi connectivity index (χ0v) is 28.8. The fourth-order valence-corrected chi connectivity index (χ4v) is 5.67. The molecule has 0 heterocycles. The summed E-state index contributed by atoms with van der Waals surface area (Å²) in [5.41, 5.74) is 5.33. The van der Waals surface area contributed by atoms with Crippen LogP contribution in [0, 0.1) is 0 Å². The van der Waals surface area contributed by atoms with Crippen molar-refractivity contribution in [3.63, 3.8) is 0 Å². The highest BCUT2D eigenvalue weighted by molar-refractivity contribution is 7.47. The lowest BCUT2D eigenvalue weighted by Gasteiger charge is -2.19. The number of esters is 1. The predicted molar refractivity (Wildman–Crippen MR) is 178 cm³/mol. The van der Waals surface area contributed by atoms with Crippen LogP contribution in [0.3, 0.4) is 0 Å². The molecule has 0 aliphatic rings. The highest BCUT2D eigenvalue weighted by Gasteiger charge is 2.25. The van der Waals surface area contributed by atoms with Crippen molar-refractivity contribution in [1.29, 1.82) is 0 Å². The van der Waals surface area contributed by atoms with E-state index in [0.29, 0.717) is 6.42 Å². The van der Waals surface area contributed by atoms with Gasteiger partial charge in [-0.15, -0.1) is 0 Å². The molecule has 3 N–H and O–H groups in total. The molecular formula is C34H68NO7P. The maximum Gasteiger partial charge on any atom is 0.472 e. The van der Waals surface area contributed by atoms with Crippen molar-refractivity contribution in [2.75, 3.05) is 26.4 Å². The Morgan fingerprint density at radius 1 is 0.698 bits per heavy atom. The number of carbonyl (C=O) groups is 1. The molecule has 0 spiro atoms. The Morgan fingerprint density at radius 2 is 1.16 bits per heavy atom. The molecule has 9 heteroatoms. The minimum Gasteiger partial charge on any atom is -0.498 e. The Hall–Kier alpha value is -0.920. The SMILES string of the molecule is CCCCCCCCCCCCCCCC/C=C/OC[C@@H](COP(=O)(O)OCCN)OC(=O)CCCCCCCCCC. The summed E-state index contributed by atoms with van der Waals surface area (Å²) >= 11 is 0. The fraction of sp³-hybridized carbons (Fsp3) is 0.912. The van der Waals surface area contributed by atoms with Gasteiger partial charge in [0.05, 0.1) is 19.5 Å². The molecular weight excluding hydrogens is 565 g/mol. The third-order valence-electron chi connectivity index (χ3n) is 7.53. The van der Waals surface area contributed by atoms with Crippen LogP contribution in [0.15, 0.2) is 12.3 Å². The van der Waals surface area contributed by atoms with E-state index in [9.17, 15) is 14.3 Å². The van der Waals surface area contributed by atoms with Crippen LogP contribution in [0.25, 0.3) is 0 Å². The number of carbonyl (C=O) groups excluding carboxylic acids is 1. The van der Waals surface area contributed by atoms with E-state index in [1.54, 1.807) is 6.26 Å². The van der Waals surface area contributed by atoms with Crippen LogP contribution in [0.5, 0.6) is 0 Å². The van der Waals surface area contributed by atoms with Crippen LogP contribution in [0.1, 0.15) is 168 Å². The van der Waals surface area contributed by atoms with E-state index in [4.69, 9.17) is 24.3 Å². The van der Waals surface area contributed by atoms with Crippen molar-refractivity contribution in [2.45, 2.75) is 174 Å². The highest BCUT2D eigenvalue weighted by Crippen LogP contribution is 2.43. The number of phosphoric acid groups is 1. The van der Waals surface area contributed by atoms with E-state index in [1.807, 2.05) is 6.08 Å². The lowest BCUT2D eigenvalue weighted by Crippen LogP contribution is -2.27. The average molecular weight is 634 g/mol. The molecule has 0 rings (SSSR count). The first kappa shape index (κ1) is 42.1. The zero-order chi connectivity index (χ0) is 31.7. The van der Waals surface area contributed by atoms with Crippen LogP contribution in [-0.4, -0.2) is 43.3 Å². The lowest BCUT2D eigenvalue weighted by atomic mass is 10.0. The van der Waals surface area contributed by atoms with Gasteiger partial charge in [-0.2, -0.15) is 0 Å². The third-order valence-corrected chi connectivity index (χ3v) is 8.51. The Labute approximate surface area is 264 Å². The van der Waals surface area contributed by atoms with Crippen LogP contribution < -0.4 is 5.73 Å². The summed E-state index contributed by atoms with van der Waals surface area (Å²) in [7, 11) is -4.27. The molecule has 0 saturated heterocycles. The number of hydrogen-bond donors (Lipinski definition) is 2. The van der Waals surface area contributed by atoms with Crippen LogP contribution in [-0.2, 0) is 27.9 Å². The normalized spacial score (nSPS) is 13.8. The second-order valence-electron chi connectivity index (χ2n) is 11.8. The Balaban J connectivity index is 4.09. The smallest absolute Gasteiger partial charge is 0.472 e. The van der Waals surface area contributed by atoms with Gasteiger partial charge < -0.3 is 20.1 Å². The van der Waals surface area contributed by atoms with Crippen LogP contribution in [0.4, 0.5) is 0 Å². The maximum absolute atomic E-state index is 12.4. The molecule has 8 nitrogen and oxygen atoms in total. The zero-order valence-electron chi connectivity index (χ0n) is 28.0.